The van der Waals surface area contributed by atoms with Crippen molar-refractivity contribution in [2.45, 2.75) is 44.1 Å². The van der Waals surface area contributed by atoms with Crippen molar-refractivity contribution in [2.24, 2.45) is 0 Å². The summed E-state index contributed by atoms with van der Waals surface area (Å²) in [5, 5.41) is 0. The summed E-state index contributed by atoms with van der Waals surface area (Å²) in [5.74, 6) is -0.190. The molecule has 0 aliphatic carbocycles. The Morgan fingerprint density at radius 2 is 1.30 bits per heavy atom. The molecule has 2 aliphatic rings. The fourth-order valence-electron chi connectivity index (χ4n) is 4.02. The number of carbonyl (C=O) groups excluding carboxylic acids is 1. The smallest absolute Gasteiger partial charge is 0.198 e. The second-order valence-corrected chi connectivity index (χ2v) is 8.09. The van der Waals surface area contributed by atoms with Crippen LogP contribution in [0.15, 0.2) is 91.0 Å². The summed E-state index contributed by atoms with van der Waals surface area (Å²) in [5.41, 5.74) is 2.80. The van der Waals surface area contributed by atoms with E-state index in [2.05, 4.69) is 0 Å². The molecule has 5 atom stereocenters. The van der Waals surface area contributed by atoms with Crippen LogP contribution in [-0.4, -0.2) is 37.0 Å². The van der Waals surface area contributed by atoms with Crippen LogP contribution in [-0.2, 0) is 41.7 Å². The van der Waals surface area contributed by atoms with E-state index in [-0.39, 0.29) is 19.0 Å². The van der Waals surface area contributed by atoms with Gasteiger partial charge >= 0.3 is 0 Å². The van der Waals surface area contributed by atoms with Crippen LogP contribution in [0.25, 0.3) is 0 Å². The van der Waals surface area contributed by atoms with E-state index in [1.165, 1.54) is 0 Å². The van der Waals surface area contributed by atoms with Gasteiger partial charge in [-0.2, -0.15) is 0 Å². The van der Waals surface area contributed by atoms with Crippen molar-refractivity contribution in [2.75, 3.05) is 6.61 Å². The standard InChI is InChI=1S/C27H26O6/c28-23-24-22(18-31-26(33-24)21-14-8-3-9-15-21)32-27(30-17-20-12-6-2-7-13-20)25(23)29-16-19-10-4-1-5-11-19/h1-15,22,24-27H,16-18H2. The second-order valence-electron chi connectivity index (χ2n) is 8.09. The van der Waals surface area contributed by atoms with E-state index >= 15 is 0 Å². The monoisotopic (exact) mass is 446 g/mol. The normalized spacial score (nSPS) is 27.2. The second kappa shape index (κ2) is 10.4. The Balaban J connectivity index is 1.32. The zero-order chi connectivity index (χ0) is 22.5. The molecule has 2 heterocycles. The Kier molecular flexibility index (Phi) is 6.90. The molecule has 2 saturated heterocycles. The van der Waals surface area contributed by atoms with Crippen molar-refractivity contribution in [1.82, 2.24) is 0 Å². The fraction of sp³-hybridized carbons (Fsp3) is 0.296. The summed E-state index contributed by atoms with van der Waals surface area (Å²) in [6.07, 6.45) is -3.75. The summed E-state index contributed by atoms with van der Waals surface area (Å²) in [7, 11) is 0. The molecule has 0 amide bonds. The summed E-state index contributed by atoms with van der Waals surface area (Å²) in [6.45, 7) is 0.796. The maximum Gasteiger partial charge on any atom is 0.198 e. The molecule has 5 rings (SSSR count). The molecule has 5 unspecified atom stereocenters. The molecule has 0 aromatic heterocycles. The first-order valence-corrected chi connectivity index (χ1v) is 11.1. The van der Waals surface area contributed by atoms with Crippen LogP contribution in [0, 0.1) is 0 Å². The predicted molar refractivity (Wildman–Crippen MR) is 120 cm³/mol. The van der Waals surface area contributed by atoms with Crippen molar-refractivity contribution in [1.29, 1.82) is 0 Å². The highest BCUT2D eigenvalue weighted by atomic mass is 16.8. The Bertz CT molecular complexity index is 1030. The van der Waals surface area contributed by atoms with Crippen LogP contribution in [0.2, 0.25) is 0 Å². The number of fused-ring (bicyclic) bond motifs is 1. The molecule has 170 valence electrons. The summed E-state index contributed by atoms with van der Waals surface area (Å²) in [4.78, 5) is 13.5. The van der Waals surface area contributed by atoms with Gasteiger partial charge in [-0.15, -0.1) is 0 Å². The Morgan fingerprint density at radius 1 is 0.727 bits per heavy atom. The third-order valence-corrected chi connectivity index (χ3v) is 5.74. The molecule has 6 nitrogen and oxygen atoms in total. The van der Waals surface area contributed by atoms with Crippen molar-refractivity contribution >= 4 is 5.78 Å². The van der Waals surface area contributed by atoms with Gasteiger partial charge in [0, 0.05) is 5.56 Å². The van der Waals surface area contributed by atoms with Crippen LogP contribution in [0.3, 0.4) is 0 Å². The van der Waals surface area contributed by atoms with Gasteiger partial charge in [0.25, 0.3) is 0 Å². The van der Waals surface area contributed by atoms with Crippen molar-refractivity contribution in [3.63, 3.8) is 0 Å². The van der Waals surface area contributed by atoms with Gasteiger partial charge in [0.2, 0.25) is 0 Å². The lowest BCUT2D eigenvalue weighted by molar-refractivity contribution is -0.323. The number of benzene rings is 3. The highest BCUT2D eigenvalue weighted by Crippen LogP contribution is 2.34. The Morgan fingerprint density at radius 3 is 1.94 bits per heavy atom. The number of Topliss-reactive ketones (excluding diaryl/α,β-unsaturated/α-hetero) is 1. The summed E-state index contributed by atoms with van der Waals surface area (Å²) >= 11 is 0. The average molecular weight is 446 g/mol. The minimum Gasteiger partial charge on any atom is -0.360 e. The van der Waals surface area contributed by atoms with Crippen molar-refractivity contribution < 1.29 is 28.5 Å². The summed E-state index contributed by atoms with van der Waals surface area (Å²) in [6, 6.07) is 29.0. The number of carbonyl (C=O) groups is 1. The highest BCUT2D eigenvalue weighted by Gasteiger charge is 2.50. The maximum atomic E-state index is 13.5. The van der Waals surface area contributed by atoms with E-state index in [4.69, 9.17) is 23.7 Å². The van der Waals surface area contributed by atoms with Crippen LogP contribution in [0.1, 0.15) is 23.0 Å². The van der Waals surface area contributed by atoms with Crippen LogP contribution in [0.5, 0.6) is 0 Å². The highest BCUT2D eigenvalue weighted by molar-refractivity contribution is 5.89. The zero-order valence-electron chi connectivity index (χ0n) is 18.1. The van der Waals surface area contributed by atoms with Gasteiger partial charge in [0.15, 0.2) is 30.6 Å². The van der Waals surface area contributed by atoms with E-state index in [0.29, 0.717) is 6.61 Å². The Labute approximate surface area is 193 Å². The Hall–Kier alpha value is -2.87. The lowest BCUT2D eigenvalue weighted by Gasteiger charge is -2.43. The van der Waals surface area contributed by atoms with Crippen LogP contribution >= 0.6 is 0 Å². The number of rotatable bonds is 7. The molecule has 3 aromatic rings. The third kappa shape index (κ3) is 5.21. The molecule has 0 N–H and O–H groups in total. The van der Waals surface area contributed by atoms with E-state index < -0.39 is 30.9 Å². The quantitative estimate of drug-likeness (QED) is 0.542. The SMILES string of the molecule is O=C1C2OC(c3ccccc3)OCC2OC(OCc2ccccc2)C1OCc1ccccc1. The third-order valence-electron chi connectivity index (χ3n) is 5.74. The molecule has 0 saturated carbocycles. The number of hydrogen-bond acceptors (Lipinski definition) is 6. The van der Waals surface area contributed by atoms with E-state index in [1.54, 1.807) is 0 Å². The summed E-state index contributed by atoms with van der Waals surface area (Å²) < 4.78 is 30.1. The predicted octanol–water partition coefficient (Wildman–Crippen LogP) is 4.20. The van der Waals surface area contributed by atoms with E-state index in [1.807, 2.05) is 91.0 Å². The first-order valence-electron chi connectivity index (χ1n) is 11.1. The number of hydrogen-bond donors (Lipinski definition) is 0. The molecule has 6 heteroatoms. The molecule has 0 radical (unpaired) electrons. The fourth-order valence-corrected chi connectivity index (χ4v) is 4.02. The molecule has 0 spiro atoms. The molecule has 2 aliphatic heterocycles. The first kappa shape index (κ1) is 21.9. The zero-order valence-corrected chi connectivity index (χ0v) is 18.1. The molecule has 33 heavy (non-hydrogen) atoms. The van der Waals surface area contributed by atoms with Crippen molar-refractivity contribution in [3.05, 3.63) is 108 Å². The topological polar surface area (TPSA) is 63.2 Å². The van der Waals surface area contributed by atoms with Gasteiger partial charge in [0.05, 0.1) is 19.8 Å². The number of ether oxygens (including phenoxy) is 5. The van der Waals surface area contributed by atoms with Gasteiger partial charge < -0.3 is 23.7 Å². The number of ketones is 1. The van der Waals surface area contributed by atoms with Gasteiger partial charge in [-0.25, -0.2) is 0 Å². The lowest BCUT2D eigenvalue weighted by Crippen LogP contribution is -2.60. The first-order chi connectivity index (χ1) is 16.3. The molecular formula is C27H26O6. The van der Waals surface area contributed by atoms with Gasteiger partial charge in [-0.05, 0) is 11.1 Å². The van der Waals surface area contributed by atoms with E-state index in [0.717, 1.165) is 16.7 Å². The van der Waals surface area contributed by atoms with Gasteiger partial charge in [-0.3, -0.25) is 4.79 Å². The van der Waals surface area contributed by atoms with E-state index in [9.17, 15) is 4.79 Å². The maximum absolute atomic E-state index is 13.5. The lowest BCUT2D eigenvalue weighted by atomic mass is 9.99. The van der Waals surface area contributed by atoms with Gasteiger partial charge in [-0.1, -0.05) is 91.0 Å². The van der Waals surface area contributed by atoms with Crippen molar-refractivity contribution in [3.8, 4) is 0 Å². The largest absolute Gasteiger partial charge is 0.360 e. The molecule has 2 fully saturated rings. The minimum absolute atomic E-state index is 0.190. The molecule has 0 bridgehead atoms. The average Bonchev–Trinajstić information content (AvgIpc) is 2.88. The van der Waals surface area contributed by atoms with Crippen LogP contribution in [0.4, 0.5) is 0 Å². The molecule has 3 aromatic carbocycles. The van der Waals surface area contributed by atoms with Gasteiger partial charge in [0.1, 0.15) is 6.10 Å². The van der Waals surface area contributed by atoms with Crippen LogP contribution < -0.4 is 0 Å². The molecular weight excluding hydrogens is 420 g/mol. The minimum atomic E-state index is -0.912.